The Balaban J connectivity index is 1.55. The van der Waals surface area contributed by atoms with Crippen molar-refractivity contribution in [2.45, 2.75) is 37.1 Å². The number of ether oxygens (including phenoxy) is 2. The third-order valence-electron chi connectivity index (χ3n) is 4.77. The molecule has 0 aliphatic carbocycles. The molecule has 1 heterocycles. The number of carbonyl (C=O) groups is 1. The molecule has 6 nitrogen and oxygen atoms in total. The lowest BCUT2D eigenvalue weighted by Crippen LogP contribution is -2.41. The number of piperidine rings is 1. The number of sulfonamides is 1. The number of carbonyl (C=O) groups excluding carboxylic acids is 1. The Bertz CT molecular complexity index is 881. The van der Waals surface area contributed by atoms with Crippen LogP contribution in [-0.4, -0.2) is 44.5 Å². The van der Waals surface area contributed by atoms with Crippen molar-refractivity contribution in [1.82, 2.24) is 4.31 Å². The second-order valence-corrected chi connectivity index (χ2v) is 8.67. The number of nitrogens with zero attached hydrogens (tertiary/aromatic N) is 1. The van der Waals surface area contributed by atoms with Crippen molar-refractivity contribution in [2.24, 2.45) is 0 Å². The predicted molar refractivity (Wildman–Crippen MR) is 106 cm³/mol. The summed E-state index contributed by atoms with van der Waals surface area (Å²) in [4.78, 5) is 12.3. The average Bonchev–Trinajstić information content (AvgIpc) is 2.72. The number of hydrogen-bond donors (Lipinski definition) is 0. The summed E-state index contributed by atoms with van der Waals surface area (Å²) in [6.45, 7) is 2.82. The van der Waals surface area contributed by atoms with Crippen LogP contribution in [0.5, 0.6) is 5.75 Å². The Kier molecular flexibility index (Phi) is 6.70. The van der Waals surface area contributed by atoms with Gasteiger partial charge in [-0.15, -0.1) is 0 Å². The molecular weight excluding hydrogens is 378 g/mol. The molecule has 3 rings (SSSR count). The predicted octanol–water partition coefficient (Wildman–Crippen LogP) is 3.49. The van der Waals surface area contributed by atoms with Crippen LogP contribution in [0.3, 0.4) is 0 Å². The van der Waals surface area contributed by atoms with Gasteiger partial charge in [-0.05, 0) is 56.2 Å². The number of esters is 1. The van der Waals surface area contributed by atoms with E-state index in [0.29, 0.717) is 17.9 Å². The van der Waals surface area contributed by atoms with Crippen LogP contribution in [0.1, 0.15) is 36.5 Å². The largest absolute Gasteiger partial charge is 0.490 e. The van der Waals surface area contributed by atoms with E-state index >= 15 is 0 Å². The molecule has 28 heavy (non-hydrogen) atoms. The third kappa shape index (κ3) is 4.91. The fourth-order valence-electron chi connectivity index (χ4n) is 3.22. The van der Waals surface area contributed by atoms with Gasteiger partial charge in [0.2, 0.25) is 10.0 Å². The first kappa shape index (κ1) is 20.4. The normalized spacial score (nSPS) is 17.8. The number of para-hydroxylation sites is 1. The van der Waals surface area contributed by atoms with Crippen LogP contribution in [0.2, 0.25) is 0 Å². The molecule has 0 amide bonds. The molecule has 1 fully saturated rings. The lowest BCUT2D eigenvalue weighted by atomic mass is 10.1. The summed E-state index contributed by atoms with van der Waals surface area (Å²) in [6, 6.07) is 15.2. The standard InChI is InChI=1S/C21H25NO5S/c1-17-7-5-6-14-22(17)28(24,25)20-12-10-18(11-13-20)21(23)27-16-15-26-19-8-3-2-4-9-19/h2-4,8-13,17H,5-7,14-16H2,1H3/t17-/m1/s1. The van der Waals surface area contributed by atoms with Crippen molar-refractivity contribution in [3.8, 4) is 5.75 Å². The van der Waals surface area contributed by atoms with Gasteiger partial charge in [-0.1, -0.05) is 24.6 Å². The van der Waals surface area contributed by atoms with Crippen molar-refractivity contribution < 1.29 is 22.7 Å². The van der Waals surface area contributed by atoms with Crippen LogP contribution in [-0.2, 0) is 14.8 Å². The van der Waals surface area contributed by atoms with E-state index in [0.717, 1.165) is 19.3 Å². The molecule has 0 bridgehead atoms. The summed E-state index contributed by atoms with van der Waals surface area (Å²) < 4.78 is 37.8. The lowest BCUT2D eigenvalue weighted by Gasteiger charge is -2.32. The Morgan fingerprint density at radius 1 is 1.04 bits per heavy atom. The third-order valence-corrected chi connectivity index (χ3v) is 6.79. The molecule has 1 atom stereocenters. The van der Waals surface area contributed by atoms with Crippen LogP contribution < -0.4 is 4.74 Å². The summed E-state index contributed by atoms with van der Waals surface area (Å²) in [5.74, 6) is 0.201. The maximum atomic E-state index is 12.8. The molecule has 7 heteroatoms. The molecule has 1 saturated heterocycles. The van der Waals surface area contributed by atoms with E-state index in [1.165, 1.54) is 24.3 Å². The maximum Gasteiger partial charge on any atom is 0.338 e. The van der Waals surface area contributed by atoms with Gasteiger partial charge in [-0.25, -0.2) is 13.2 Å². The summed E-state index contributed by atoms with van der Waals surface area (Å²) in [5, 5.41) is 0. The first-order chi connectivity index (χ1) is 13.5. The van der Waals surface area contributed by atoms with Crippen LogP contribution >= 0.6 is 0 Å². The van der Waals surface area contributed by atoms with Gasteiger partial charge < -0.3 is 9.47 Å². The molecule has 1 aliphatic rings. The molecule has 1 aliphatic heterocycles. The Labute approximate surface area is 166 Å². The zero-order valence-corrected chi connectivity index (χ0v) is 16.7. The zero-order valence-electron chi connectivity index (χ0n) is 15.9. The molecule has 0 aromatic heterocycles. The SMILES string of the molecule is C[C@@H]1CCCCN1S(=O)(=O)c1ccc(C(=O)OCCOc2ccccc2)cc1. The van der Waals surface area contributed by atoms with Gasteiger partial charge in [0.25, 0.3) is 0 Å². The topological polar surface area (TPSA) is 72.9 Å². The minimum atomic E-state index is -3.54. The molecule has 0 saturated carbocycles. The van der Waals surface area contributed by atoms with Crippen molar-refractivity contribution in [3.05, 3.63) is 60.2 Å². The summed E-state index contributed by atoms with van der Waals surface area (Å²) in [7, 11) is -3.54. The fraction of sp³-hybridized carbons (Fsp3) is 0.381. The molecular formula is C21H25NO5S. The molecule has 2 aromatic carbocycles. The van der Waals surface area contributed by atoms with Gasteiger partial charge in [0, 0.05) is 12.6 Å². The van der Waals surface area contributed by atoms with Crippen LogP contribution in [0.25, 0.3) is 0 Å². The molecule has 0 N–H and O–H groups in total. The summed E-state index contributed by atoms with van der Waals surface area (Å²) in [6.07, 6.45) is 2.79. The fourth-order valence-corrected chi connectivity index (χ4v) is 4.92. The summed E-state index contributed by atoms with van der Waals surface area (Å²) in [5.41, 5.74) is 0.311. The highest BCUT2D eigenvalue weighted by atomic mass is 32.2. The van der Waals surface area contributed by atoms with Crippen LogP contribution in [0, 0.1) is 0 Å². The van der Waals surface area contributed by atoms with Gasteiger partial charge in [-0.2, -0.15) is 4.31 Å². The van der Waals surface area contributed by atoms with E-state index in [1.807, 2.05) is 37.3 Å². The van der Waals surface area contributed by atoms with Crippen molar-refractivity contribution >= 4 is 16.0 Å². The first-order valence-corrected chi connectivity index (χ1v) is 10.9. The van der Waals surface area contributed by atoms with E-state index in [-0.39, 0.29) is 24.2 Å². The molecule has 2 aromatic rings. The van der Waals surface area contributed by atoms with Gasteiger partial charge in [-0.3, -0.25) is 0 Å². The van der Waals surface area contributed by atoms with E-state index in [2.05, 4.69) is 0 Å². The average molecular weight is 404 g/mol. The molecule has 0 spiro atoms. The van der Waals surface area contributed by atoms with Crippen molar-refractivity contribution in [2.75, 3.05) is 19.8 Å². The van der Waals surface area contributed by atoms with Crippen LogP contribution in [0.15, 0.2) is 59.5 Å². The van der Waals surface area contributed by atoms with Gasteiger partial charge in [0.05, 0.1) is 10.5 Å². The minimum absolute atomic E-state index is 0.00648. The quantitative estimate of drug-likeness (QED) is 0.523. The second-order valence-electron chi connectivity index (χ2n) is 6.78. The van der Waals surface area contributed by atoms with E-state index < -0.39 is 16.0 Å². The highest BCUT2D eigenvalue weighted by Gasteiger charge is 2.30. The van der Waals surface area contributed by atoms with Gasteiger partial charge in [0.15, 0.2) is 0 Å². The summed E-state index contributed by atoms with van der Waals surface area (Å²) >= 11 is 0. The zero-order chi connectivity index (χ0) is 20.0. The van der Waals surface area contributed by atoms with E-state index in [1.54, 1.807) is 4.31 Å². The monoisotopic (exact) mass is 403 g/mol. The Morgan fingerprint density at radius 2 is 1.75 bits per heavy atom. The van der Waals surface area contributed by atoms with Gasteiger partial charge >= 0.3 is 5.97 Å². The van der Waals surface area contributed by atoms with Gasteiger partial charge in [0.1, 0.15) is 19.0 Å². The van der Waals surface area contributed by atoms with E-state index in [4.69, 9.17) is 9.47 Å². The van der Waals surface area contributed by atoms with Crippen LogP contribution in [0.4, 0.5) is 0 Å². The maximum absolute atomic E-state index is 12.8. The Morgan fingerprint density at radius 3 is 2.43 bits per heavy atom. The number of rotatable bonds is 7. The molecule has 150 valence electrons. The molecule has 0 radical (unpaired) electrons. The first-order valence-electron chi connectivity index (χ1n) is 9.45. The Hall–Kier alpha value is -2.38. The van der Waals surface area contributed by atoms with Crippen molar-refractivity contribution in [1.29, 1.82) is 0 Å². The number of hydrogen-bond acceptors (Lipinski definition) is 5. The lowest BCUT2D eigenvalue weighted by molar-refractivity contribution is 0.0450. The van der Waals surface area contributed by atoms with Crippen molar-refractivity contribution in [3.63, 3.8) is 0 Å². The highest BCUT2D eigenvalue weighted by Crippen LogP contribution is 2.25. The van der Waals surface area contributed by atoms with E-state index in [9.17, 15) is 13.2 Å². The number of benzene rings is 2. The molecule has 0 unspecified atom stereocenters. The minimum Gasteiger partial charge on any atom is -0.490 e. The second kappa shape index (κ2) is 9.21. The smallest absolute Gasteiger partial charge is 0.338 e. The highest BCUT2D eigenvalue weighted by molar-refractivity contribution is 7.89.